The summed E-state index contributed by atoms with van der Waals surface area (Å²) < 4.78 is 2.05. The third-order valence-corrected chi connectivity index (χ3v) is 10.4. The van der Waals surface area contributed by atoms with Crippen molar-refractivity contribution in [1.29, 1.82) is 0 Å². The molecule has 1 atom stereocenters. The number of carbonyl (C=O) groups is 2. The van der Waals surface area contributed by atoms with Crippen LogP contribution >= 0.6 is 22.9 Å². The van der Waals surface area contributed by atoms with Gasteiger partial charge in [-0.2, -0.15) is 0 Å². The Bertz CT molecular complexity index is 1950. The number of aryl methyl sites for hydroxylation is 2. The van der Waals surface area contributed by atoms with Crippen LogP contribution in [0.3, 0.4) is 0 Å². The Labute approximate surface area is 289 Å². The number of aromatic carboxylic acids is 1. The maximum absolute atomic E-state index is 13.9. The average molecular weight is 684 g/mol. The van der Waals surface area contributed by atoms with Crippen LogP contribution in [-0.2, 0) is 4.79 Å². The molecule has 0 bridgehead atoms. The van der Waals surface area contributed by atoms with Gasteiger partial charge in [0.25, 0.3) is 0 Å². The van der Waals surface area contributed by atoms with Gasteiger partial charge in [0.15, 0.2) is 5.82 Å². The van der Waals surface area contributed by atoms with Crippen LogP contribution < -0.4 is 10.6 Å². The van der Waals surface area contributed by atoms with Crippen molar-refractivity contribution in [3.05, 3.63) is 91.8 Å². The molecular formula is C36H38ClN7O3S. The summed E-state index contributed by atoms with van der Waals surface area (Å²) in [4.78, 5) is 36.3. The molecule has 248 valence electrons. The molecule has 0 radical (unpaired) electrons. The van der Waals surface area contributed by atoms with E-state index in [0.29, 0.717) is 55.6 Å². The summed E-state index contributed by atoms with van der Waals surface area (Å²) in [5, 5.41) is 20.5. The van der Waals surface area contributed by atoms with Crippen LogP contribution in [0, 0.1) is 32.6 Å². The Hall–Kier alpha value is -4.50. The number of carboxylic acid groups (broad SMARTS) is 1. The molecule has 0 spiro atoms. The van der Waals surface area contributed by atoms with Gasteiger partial charge in [-0.25, -0.2) is 4.79 Å². The normalized spacial score (nSPS) is 15.6. The molecule has 0 saturated carbocycles. The highest BCUT2D eigenvalue weighted by Crippen LogP contribution is 2.40. The third-order valence-electron chi connectivity index (χ3n) is 8.94. The highest BCUT2D eigenvalue weighted by atomic mass is 35.5. The van der Waals surface area contributed by atoms with E-state index in [4.69, 9.17) is 22.3 Å². The first kappa shape index (κ1) is 33.4. The number of nitrogens with zero attached hydrogens (tertiary/aromatic N) is 6. The summed E-state index contributed by atoms with van der Waals surface area (Å²) >= 11 is 7.92. The van der Waals surface area contributed by atoms with E-state index < -0.39 is 12.0 Å². The zero-order chi connectivity index (χ0) is 33.9. The molecule has 10 nitrogen and oxygen atoms in total. The fourth-order valence-electron chi connectivity index (χ4n) is 6.17. The van der Waals surface area contributed by atoms with Crippen LogP contribution in [0.2, 0.25) is 5.02 Å². The first-order valence-corrected chi connectivity index (χ1v) is 17.3. The minimum atomic E-state index is -1.01. The number of hydrogen-bond donors (Lipinski definition) is 2. The van der Waals surface area contributed by atoms with Crippen molar-refractivity contribution in [1.82, 2.24) is 19.7 Å². The lowest BCUT2D eigenvalue weighted by atomic mass is 9.99. The number of amides is 1. The molecule has 0 aliphatic carbocycles. The standard InChI is InChI=1S/C36H38ClN7O3S/c1-22-23(2)48-35-32(22)33(26-9-12-27(37)13-10-26)39-30(34-41-40-24(3)44(34)35)21-31(45)43-18-16-42(17-19-43)28-14-11-25(29(20-28)36(46)47)8-6-4-5-7-15-38/h9-14,20,30H,4-5,7,15-19,21,38H2,1-3H3,(H,46,47)/t30-/m0/s1. The van der Waals surface area contributed by atoms with Crippen molar-refractivity contribution in [3.63, 3.8) is 0 Å². The van der Waals surface area contributed by atoms with Crippen LogP contribution in [-0.4, -0.2) is 75.1 Å². The van der Waals surface area contributed by atoms with Gasteiger partial charge in [0.05, 0.1) is 17.7 Å². The minimum absolute atomic E-state index is 0.0179. The molecule has 1 saturated heterocycles. The molecule has 1 amide bonds. The topological polar surface area (TPSA) is 130 Å². The number of rotatable bonds is 8. The van der Waals surface area contributed by atoms with Gasteiger partial charge in [-0.05, 0) is 76.1 Å². The number of unbranched alkanes of at least 4 members (excludes halogenated alkanes) is 2. The quantitative estimate of drug-likeness (QED) is 0.180. The molecule has 6 rings (SSSR count). The second kappa shape index (κ2) is 14.3. The number of fused-ring (bicyclic) bond motifs is 3. The Morgan fingerprint density at radius 1 is 1.04 bits per heavy atom. The predicted octanol–water partition coefficient (Wildman–Crippen LogP) is 5.72. The molecule has 3 N–H and O–H groups in total. The number of aromatic nitrogens is 3. The lowest BCUT2D eigenvalue weighted by molar-refractivity contribution is -0.131. The number of nitrogens with two attached hydrogens (primary N) is 1. The van der Waals surface area contributed by atoms with E-state index in [1.54, 1.807) is 23.5 Å². The van der Waals surface area contributed by atoms with Gasteiger partial charge in [-0.15, -0.1) is 21.5 Å². The Morgan fingerprint density at radius 2 is 1.79 bits per heavy atom. The molecule has 0 unspecified atom stereocenters. The second-order valence-corrected chi connectivity index (χ2v) is 13.7. The smallest absolute Gasteiger partial charge is 0.337 e. The van der Waals surface area contributed by atoms with Crippen LogP contribution in [0.5, 0.6) is 0 Å². The first-order valence-electron chi connectivity index (χ1n) is 16.1. The van der Waals surface area contributed by atoms with E-state index in [0.717, 1.165) is 51.8 Å². The fourth-order valence-corrected chi connectivity index (χ4v) is 7.51. The van der Waals surface area contributed by atoms with Crippen LogP contribution in [0.15, 0.2) is 47.5 Å². The predicted molar refractivity (Wildman–Crippen MR) is 190 cm³/mol. The Balaban J connectivity index is 1.21. The molecule has 2 aromatic heterocycles. The van der Waals surface area contributed by atoms with E-state index in [2.05, 4.69) is 45.4 Å². The number of carbonyl (C=O) groups excluding carboxylic acids is 1. The Kier molecular flexibility index (Phi) is 9.96. The maximum atomic E-state index is 13.9. The number of hydrogen-bond acceptors (Lipinski definition) is 8. The van der Waals surface area contributed by atoms with Crippen LogP contribution in [0.1, 0.15) is 80.9 Å². The lowest BCUT2D eigenvalue weighted by Crippen LogP contribution is -2.49. The molecule has 12 heteroatoms. The summed E-state index contributed by atoms with van der Waals surface area (Å²) in [5.41, 5.74) is 10.9. The largest absolute Gasteiger partial charge is 0.478 e. The number of anilines is 1. The van der Waals surface area contributed by atoms with Gasteiger partial charge >= 0.3 is 5.97 Å². The highest BCUT2D eigenvalue weighted by molar-refractivity contribution is 7.15. The van der Waals surface area contributed by atoms with E-state index >= 15 is 0 Å². The SMILES string of the molecule is Cc1sc2c(c1C)C(c1ccc(Cl)cc1)=N[C@@H](CC(=O)N1CCN(c3ccc(C#CCCCCN)c(C(=O)O)c3)CC1)c1nnc(C)n1-2. The van der Waals surface area contributed by atoms with Gasteiger partial charge in [-0.1, -0.05) is 35.6 Å². The minimum Gasteiger partial charge on any atom is -0.478 e. The second-order valence-electron chi connectivity index (χ2n) is 12.1. The molecule has 1 fully saturated rings. The molecule has 4 aromatic rings. The van der Waals surface area contributed by atoms with Crippen LogP contribution in [0.25, 0.3) is 5.00 Å². The van der Waals surface area contributed by atoms with Crippen molar-refractivity contribution < 1.29 is 14.7 Å². The van der Waals surface area contributed by atoms with E-state index in [-0.39, 0.29) is 17.9 Å². The number of benzene rings is 2. The first-order chi connectivity index (χ1) is 23.2. The van der Waals surface area contributed by atoms with Gasteiger partial charge in [0.1, 0.15) is 16.9 Å². The Morgan fingerprint density at radius 3 is 2.50 bits per heavy atom. The van der Waals surface area contributed by atoms with Gasteiger partial charge < -0.3 is 20.6 Å². The van der Waals surface area contributed by atoms with E-state index in [1.165, 1.54) is 4.88 Å². The number of piperazine rings is 1. The maximum Gasteiger partial charge on any atom is 0.337 e. The molecule has 48 heavy (non-hydrogen) atoms. The van der Waals surface area contributed by atoms with Crippen molar-refractivity contribution in [3.8, 4) is 16.8 Å². The summed E-state index contributed by atoms with van der Waals surface area (Å²) in [5.74, 6) is 6.44. The summed E-state index contributed by atoms with van der Waals surface area (Å²) in [7, 11) is 0. The molecule has 2 aliphatic heterocycles. The number of aliphatic imine (C=N–C) groups is 1. The van der Waals surface area contributed by atoms with Gasteiger partial charge in [0, 0.05) is 64.9 Å². The third kappa shape index (κ3) is 6.74. The summed E-state index contributed by atoms with van der Waals surface area (Å²) in [6, 6.07) is 12.5. The number of carboxylic acids is 1. The van der Waals surface area contributed by atoms with Crippen molar-refractivity contribution in [2.75, 3.05) is 37.6 Å². The van der Waals surface area contributed by atoms with E-state index in [9.17, 15) is 14.7 Å². The van der Waals surface area contributed by atoms with E-state index in [1.807, 2.05) is 42.2 Å². The van der Waals surface area contributed by atoms with Crippen molar-refractivity contribution >= 4 is 46.2 Å². The number of thiophene rings is 1. The monoisotopic (exact) mass is 683 g/mol. The molecular weight excluding hydrogens is 646 g/mol. The van der Waals surface area contributed by atoms with Gasteiger partial charge in [-0.3, -0.25) is 14.4 Å². The highest BCUT2D eigenvalue weighted by Gasteiger charge is 2.34. The van der Waals surface area contributed by atoms with Crippen molar-refractivity contribution in [2.24, 2.45) is 10.7 Å². The zero-order valence-corrected chi connectivity index (χ0v) is 28.9. The molecule has 2 aliphatic rings. The van der Waals surface area contributed by atoms with Crippen LogP contribution in [0.4, 0.5) is 5.69 Å². The lowest BCUT2D eigenvalue weighted by Gasteiger charge is -2.36. The zero-order valence-electron chi connectivity index (χ0n) is 27.3. The summed E-state index contributed by atoms with van der Waals surface area (Å²) in [6.45, 7) is 8.90. The molecule has 2 aromatic carbocycles. The number of halogens is 1. The van der Waals surface area contributed by atoms with Crippen molar-refractivity contribution in [2.45, 2.75) is 52.5 Å². The summed E-state index contributed by atoms with van der Waals surface area (Å²) in [6.07, 6.45) is 2.60. The molecule has 4 heterocycles. The van der Waals surface area contributed by atoms with Gasteiger partial charge in [0.2, 0.25) is 5.91 Å². The fraction of sp³-hybridized carbons (Fsp3) is 0.361. The average Bonchev–Trinajstić information content (AvgIpc) is 3.56.